The van der Waals surface area contributed by atoms with Crippen molar-refractivity contribution < 1.29 is 0 Å². The Morgan fingerprint density at radius 1 is 0.400 bits per heavy atom. The number of benzene rings is 8. The Hall–Kier alpha value is -5.95. The Kier molecular flexibility index (Phi) is 8.68. The molecule has 0 bridgehead atoms. The fraction of sp³-hybridized carbons (Fsp3) is 0.0980. The maximum absolute atomic E-state index is 2.54. The van der Waals surface area contributed by atoms with Gasteiger partial charge in [-0.1, -0.05) is 165 Å². The fourth-order valence-electron chi connectivity index (χ4n) is 8.55. The molecule has 8 aromatic carbocycles. The predicted octanol–water partition coefficient (Wildman–Crippen LogP) is 12.8. The van der Waals surface area contributed by atoms with E-state index in [-0.39, 0.29) is 0 Å². The second kappa shape index (κ2) is 13.7. The number of fused-ring (bicyclic) bond motifs is 2. The first-order valence-corrected chi connectivity index (χ1v) is 25.9. The van der Waals surface area contributed by atoms with Gasteiger partial charge in [0.15, 0.2) is 0 Å². The van der Waals surface area contributed by atoms with Crippen LogP contribution in [0.1, 0.15) is 0 Å². The highest BCUT2D eigenvalue weighted by atomic mass is 28.3. The van der Waals surface area contributed by atoms with Crippen molar-refractivity contribution in [3.8, 4) is 22.3 Å². The van der Waals surface area contributed by atoms with Gasteiger partial charge in [-0.05, 0) is 93.1 Å². The number of rotatable bonds is 8. The average molecular weight is 743 g/mol. The lowest BCUT2D eigenvalue weighted by molar-refractivity contribution is 1.29. The highest BCUT2D eigenvalue weighted by Crippen LogP contribution is 2.46. The minimum atomic E-state index is -2.19. The minimum absolute atomic E-state index is 1.14. The van der Waals surface area contributed by atoms with Gasteiger partial charge in [0.05, 0.1) is 19.4 Å². The zero-order valence-corrected chi connectivity index (χ0v) is 34.3. The van der Waals surface area contributed by atoms with E-state index < -0.39 is 16.1 Å². The molecule has 0 aliphatic carbocycles. The normalized spacial score (nSPS) is 13.0. The molecule has 9 rings (SSSR count). The molecule has 0 N–H and O–H groups in total. The maximum atomic E-state index is 2.54. The standard InChI is InChI=1S/C51H46N2Si2/c1-54(2,3)42-31-28-40(29-32-42)52(38-20-11-7-12-21-38)41-30-33-44-45-34-35-48(46-25-17-27-49(51(45)46)55(4,5)50(44)36-41)53(39-22-13-8-14-23-39)47-26-16-15-24-43(47)37-18-9-6-10-19-37/h6-36H,1-5H3. The Balaban J connectivity index is 1.23. The molecular formula is C51H46N2Si2. The van der Waals surface area contributed by atoms with Crippen LogP contribution in [0.4, 0.5) is 34.1 Å². The summed E-state index contributed by atoms with van der Waals surface area (Å²) < 4.78 is 0. The van der Waals surface area contributed by atoms with E-state index in [1.165, 1.54) is 71.3 Å². The second-order valence-corrected chi connectivity index (χ2v) is 25.6. The van der Waals surface area contributed by atoms with Gasteiger partial charge in [-0.3, -0.25) is 0 Å². The lowest BCUT2D eigenvalue weighted by atomic mass is 9.94. The lowest BCUT2D eigenvalue weighted by Crippen LogP contribution is -2.56. The summed E-state index contributed by atoms with van der Waals surface area (Å²) in [7, 11) is -3.62. The van der Waals surface area contributed by atoms with Crippen LogP contribution in [-0.4, -0.2) is 16.1 Å². The van der Waals surface area contributed by atoms with Gasteiger partial charge in [-0.25, -0.2) is 0 Å². The van der Waals surface area contributed by atoms with Gasteiger partial charge in [0.25, 0.3) is 0 Å². The zero-order chi connectivity index (χ0) is 37.7. The van der Waals surface area contributed by atoms with Gasteiger partial charge in [-0.15, -0.1) is 0 Å². The number of hydrogen-bond acceptors (Lipinski definition) is 2. The van der Waals surface area contributed by atoms with Crippen molar-refractivity contribution in [2.45, 2.75) is 32.7 Å². The van der Waals surface area contributed by atoms with Crippen LogP contribution in [0.25, 0.3) is 33.0 Å². The van der Waals surface area contributed by atoms with E-state index in [4.69, 9.17) is 0 Å². The molecule has 55 heavy (non-hydrogen) atoms. The molecule has 1 aliphatic heterocycles. The van der Waals surface area contributed by atoms with Crippen LogP contribution in [0.3, 0.4) is 0 Å². The third kappa shape index (κ3) is 6.12. The monoisotopic (exact) mass is 742 g/mol. The highest BCUT2D eigenvalue weighted by Gasteiger charge is 2.37. The van der Waals surface area contributed by atoms with Gasteiger partial charge in [0, 0.05) is 33.7 Å². The van der Waals surface area contributed by atoms with Crippen LogP contribution in [0, 0.1) is 0 Å². The molecule has 1 heterocycles. The van der Waals surface area contributed by atoms with Crippen LogP contribution < -0.4 is 25.4 Å². The molecule has 0 atom stereocenters. The Labute approximate surface area is 328 Å². The Morgan fingerprint density at radius 3 is 1.64 bits per heavy atom. The van der Waals surface area contributed by atoms with Crippen LogP contribution in [0.15, 0.2) is 188 Å². The summed E-state index contributed by atoms with van der Waals surface area (Å²) in [5.74, 6) is 0. The van der Waals surface area contributed by atoms with Crippen LogP contribution in [0.2, 0.25) is 32.7 Å². The van der Waals surface area contributed by atoms with E-state index in [1.54, 1.807) is 0 Å². The van der Waals surface area contributed by atoms with Crippen molar-refractivity contribution in [3.05, 3.63) is 188 Å². The third-order valence-corrected chi connectivity index (χ3v) is 17.0. The number of hydrogen-bond donors (Lipinski definition) is 0. The van der Waals surface area contributed by atoms with Crippen LogP contribution >= 0.6 is 0 Å². The molecule has 8 aromatic rings. The summed E-state index contributed by atoms with van der Waals surface area (Å²) in [5.41, 5.74) is 12.1. The molecule has 2 nitrogen and oxygen atoms in total. The summed E-state index contributed by atoms with van der Waals surface area (Å²) >= 11 is 0. The summed E-state index contributed by atoms with van der Waals surface area (Å²) in [4.78, 5) is 4.89. The predicted molar refractivity (Wildman–Crippen MR) is 244 cm³/mol. The Morgan fingerprint density at radius 2 is 0.964 bits per heavy atom. The largest absolute Gasteiger partial charge is 0.311 e. The second-order valence-electron chi connectivity index (χ2n) is 16.2. The molecule has 0 amide bonds. The molecule has 0 aromatic heterocycles. The molecular weight excluding hydrogens is 697 g/mol. The molecule has 0 fully saturated rings. The van der Waals surface area contributed by atoms with Gasteiger partial charge in [0.2, 0.25) is 0 Å². The molecule has 1 aliphatic rings. The van der Waals surface area contributed by atoms with Crippen molar-refractivity contribution in [2.24, 2.45) is 0 Å². The lowest BCUT2D eigenvalue weighted by Gasteiger charge is -2.36. The highest BCUT2D eigenvalue weighted by molar-refractivity contribution is 7.03. The molecule has 0 spiro atoms. The van der Waals surface area contributed by atoms with Crippen molar-refractivity contribution in [1.82, 2.24) is 0 Å². The van der Waals surface area contributed by atoms with Crippen molar-refractivity contribution in [3.63, 3.8) is 0 Å². The van der Waals surface area contributed by atoms with Crippen LogP contribution in [0.5, 0.6) is 0 Å². The quantitative estimate of drug-likeness (QED) is 0.143. The first-order chi connectivity index (χ1) is 26.7. The molecule has 0 saturated heterocycles. The molecule has 0 radical (unpaired) electrons. The molecule has 268 valence electrons. The Bertz CT molecular complexity index is 2650. The number of anilines is 6. The zero-order valence-electron chi connectivity index (χ0n) is 32.3. The molecule has 0 unspecified atom stereocenters. The molecule has 0 saturated carbocycles. The van der Waals surface area contributed by atoms with E-state index in [2.05, 4.69) is 231 Å². The summed E-state index contributed by atoms with van der Waals surface area (Å²) in [6.45, 7) is 12.3. The smallest absolute Gasteiger partial charge is 0.113 e. The topological polar surface area (TPSA) is 6.48 Å². The third-order valence-electron chi connectivity index (χ3n) is 11.4. The summed E-state index contributed by atoms with van der Waals surface area (Å²) in [5, 5.41) is 7.11. The van der Waals surface area contributed by atoms with Crippen LogP contribution in [-0.2, 0) is 0 Å². The van der Waals surface area contributed by atoms with Crippen molar-refractivity contribution in [1.29, 1.82) is 0 Å². The summed E-state index contributed by atoms with van der Waals surface area (Å²) in [6, 6.07) is 69.6. The van der Waals surface area contributed by atoms with E-state index >= 15 is 0 Å². The average Bonchev–Trinajstić information content (AvgIpc) is 3.22. The molecule has 4 heteroatoms. The fourth-order valence-corrected chi connectivity index (χ4v) is 12.8. The van der Waals surface area contributed by atoms with Gasteiger partial charge in [-0.2, -0.15) is 0 Å². The maximum Gasteiger partial charge on any atom is 0.113 e. The minimum Gasteiger partial charge on any atom is -0.311 e. The van der Waals surface area contributed by atoms with Gasteiger partial charge in [0.1, 0.15) is 8.07 Å². The first kappa shape index (κ1) is 34.8. The van der Waals surface area contributed by atoms with Crippen molar-refractivity contribution >= 4 is 76.6 Å². The van der Waals surface area contributed by atoms with E-state index in [0.29, 0.717) is 0 Å². The van der Waals surface area contributed by atoms with Crippen molar-refractivity contribution in [2.75, 3.05) is 9.80 Å². The number of nitrogens with zero attached hydrogens (tertiary/aromatic N) is 2. The van der Waals surface area contributed by atoms with E-state index in [9.17, 15) is 0 Å². The van der Waals surface area contributed by atoms with E-state index in [0.717, 1.165) is 11.4 Å². The van der Waals surface area contributed by atoms with E-state index in [1.807, 2.05) is 0 Å². The SMILES string of the molecule is C[Si](C)(C)c1ccc(N(c2ccccc2)c2ccc3c(c2)[Si](C)(C)c2cccc4c(N(c5ccccc5)c5ccccc5-c5ccccc5)ccc-3c24)cc1. The first-order valence-electron chi connectivity index (χ1n) is 19.4. The number of para-hydroxylation sites is 3. The summed E-state index contributed by atoms with van der Waals surface area (Å²) in [6.07, 6.45) is 0. The van der Waals surface area contributed by atoms with Gasteiger partial charge < -0.3 is 9.80 Å². The van der Waals surface area contributed by atoms with Gasteiger partial charge >= 0.3 is 0 Å².